The van der Waals surface area contributed by atoms with E-state index in [1.807, 2.05) is 25.1 Å². The molecule has 0 unspecified atom stereocenters. The molecule has 9 heteroatoms. The summed E-state index contributed by atoms with van der Waals surface area (Å²) in [6, 6.07) is 11.8. The number of hydrogen-bond acceptors (Lipinski definition) is 6. The monoisotopic (exact) mass is 439 g/mol. The highest BCUT2D eigenvalue weighted by Gasteiger charge is 2.06. The maximum Gasteiger partial charge on any atom is 0.251 e. The maximum absolute atomic E-state index is 11.3. The topological polar surface area (TPSA) is 141 Å². The number of amides is 2. The molecule has 0 atom stereocenters. The molecule has 31 heavy (non-hydrogen) atoms. The number of pyridine rings is 1. The van der Waals surface area contributed by atoms with Crippen LogP contribution in [0.15, 0.2) is 54.9 Å². The normalized spacial score (nSPS) is 10.6. The van der Waals surface area contributed by atoms with Crippen LogP contribution in [-0.4, -0.2) is 35.2 Å². The summed E-state index contributed by atoms with van der Waals surface area (Å²) in [5.74, 6) is 0.280. The molecule has 1 heterocycles. The van der Waals surface area contributed by atoms with Gasteiger partial charge >= 0.3 is 0 Å². The number of allylic oxidation sites excluding steroid dienone is 1. The third-order valence-electron chi connectivity index (χ3n) is 4.14. The van der Waals surface area contributed by atoms with E-state index in [-0.39, 0.29) is 16.7 Å². The summed E-state index contributed by atoms with van der Waals surface area (Å²) in [4.78, 5) is 25.7. The number of phenolic OH excluding ortho intramolecular Hbond substituents is 1. The highest BCUT2D eigenvalue weighted by atomic mass is 35.5. The third kappa shape index (κ3) is 6.28. The van der Waals surface area contributed by atoms with Crippen molar-refractivity contribution in [2.45, 2.75) is 6.92 Å². The van der Waals surface area contributed by atoms with Crippen LogP contribution in [0, 0.1) is 5.41 Å². The zero-order chi connectivity index (χ0) is 22.8. The molecule has 0 aliphatic carbocycles. The third-order valence-corrected chi connectivity index (χ3v) is 4.45. The molecule has 1 aromatic heterocycles. The van der Waals surface area contributed by atoms with Gasteiger partial charge in [-0.3, -0.25) is 9.59 Å². The lowest BCUT2D eigenvalue weighted by molar-refractivity contribution is -0.105. The summed E-state index contributed by atoms with van der Waals surface area (Å²) in [6.45, 7) is 2.40. The van der Waals surface area contributed by atoms with Crippen molar-refractivity contribution in [2.24, 2.45) is 5.73 Å². The molecular formula is C22H22ClN5O3. The second-order valence-corrected chi connectivity index (χ2v) is 6.59. The Kier molecular flexibility index (Phi) is 8.53. The van der Waals surface area contributed by atoms with E-state index in [1.165, 1.54) is 30.6 Å². The van der Waals surface area contributed by atoms with Crippen LogP contribution in [0.1, 0.15) is 22.8 Å². The fraction of sp³-hybridized carbons (Fsp3) is 0.0909. The second-order valence-electron chi connectivity index (χ2n) is 6.19. The van der Waals surface area contributed by atoms with Gasteiger partial charge in [0, 0.05) is 41.7 Å². The SMILES string of the molecule is CCNC(=O)c1ccc(O)c(Cl)c1.N=C/C(=C\N)c1ccc2cnc(NC=O)cc2c1. The number of anilines is 1. The molecule has 0 saturated carbocycles. The van der Waals surface area contributed by atoms with Gasteiger partial charge in [0.05, 0.1) is 5.02 Å². The molecule has 0 spiro atoms. The van der Waals surface area contributed by atoms with Crippen molar-refractivity contribution in [1.82, 2.24) is 10.3 Å². The lowest BCUT2D eigenvalue weighted by Crippen LogP contribution is -2.22. The van der Waals surface area contributed by atoms with Gasteiger partial charge in [-0.1, -0.05) is 23.7 Å². The number of rotatable bonds is 6. The number of carbonyl (C=O) groups is 2. The first-order chi connectivity index (χ1) is 14.9. The summed E-state index contributed by atoms with van der Waals surface area (Å²) < 4.78 is 0. The highest BCUT2D eigenvalue weighted by Crippen LogP contribution is 2.23. The second kappa shape index (κ2) is 11.3. The number of hydrogen-bond donors (Lipinski definition) is 5. The van der Waals surface area contributed by atoms with Crippen molar-refractivity contribution < 1.29 is 14.7 Å². The maximum atomic E-state index is 11.3. The molecule has 0 bridgehead atoms. The zero-order valence-corrected chi connectivity index (χ0v) is 17.5. The summed E-state index contributed by atoms with van der Waals surface area (Å²) in [7, 11) is 0. The van der Waals surface area contributed by atoms with E-state index in [1.54, 1.807) is 12.3 Å². The van der Waals surface area contributed by atoms with E-state index in [4.69, 9.17) is 27.9 Å². The number of nitrogens with zero attached hydrogens (tertiary/aromatic N) is 1. The van der Waals surface area contributed by atoms with Crippen LogP contribution in [0.3, 0.4) is 0 Å². The van der Waals surface area contributed by atoms with Crippen molar-refractivity contribution in [3.8, 4) is 5.75 Å². The first kappa shape index (κ1) is 23.4. The molecule has 0 saturated heterocycles. The lowest BCUT2D eigenvalue weighted by atomic mass is 10.0. The Morgan fingerprint density at radius 1 is 1.19 bits per heavy atom. The van der Waals surface area contributed by atoms with Crippen molar-refractivity contribution in [3.05, 3.63) is 71.0 Å². The fourth-order valence-electron chi connectivity index (χ4n) is 2.60. The van der Waals surface area contributed by atoms with Gasteiger partial charge in [0.2, 0.25) is 6.41 Å². The molecule has 0 aliphatic heterocycles. The van der Waals surface area contributed by atoms with E-state index in [0.29, 0.717) is 29.9 Å². The predicted octanol–water partition coefficient (Wildman–Crippen LogP) is 3.55. The van der Waals surface area contributed by atoms with Crippen LogP contribution >= 0.6 is 11.6 Å². The van der Waals surface area contributed by atoms with E-state index in [2.05, 4.69) is 15.6 Å². The summed E-state index contributed by atoms with van der Waals surface area (Å²) in [5.41, 5.74) is 7.39. The largest absolute Gasteiger partial charge is 0.506 e. The minimum absolute atomic E-state index is 0.0188. The lowest BCUT2D eigenvalue weighted by Gasteiger charge is -2.05. The predicted molar refractivity (Wildman–Crippen MR) is 124 cm³/mol. The number of phenols is 1. The Morgan fingerprint density at radius 2 is 1.94 bits per heavy atom. The van der Waals surface area contributed by atoms with Crippen molar-refractivity contribution in [2.75, 3.05) is 11.9 Å². The van der Waals surface area contributed by atoms with Gasteiger partial charge in [-0.25, -0.2) is 4.98 Å². The van der Waals surface area contributed by atoms with Gasteiger partial charge in [0.1, 0.15) is 11.6 Å². The average Bonchev–Trinajstić information content (AvgIpc) is 2.77. The molecular weight excluding hydrogens is 418 g/mol. The van der Waals surface area contributed by atoms with Gasteiger partial charge in [-0.15, -0.1) is 0 Å². The van der Waals surface area contributed by atoms with Crippen LogP contribution in [0.2, 0.25) is 5.02 Å². The summed E-state index contributed by atoms with van der Waals surface area (Å²) in [5, 5.41) is 23.6. The first-order valence-corrected chi connectivity index (χ1v) is 9.60. The van der Waals surface area contributed by atoms with Crippen molar-refractivity contribution in [3.63, 3.8) is 0 Å². The van der Waals surface area contributed by atoms with Crippen LogP contribution < -0.4 is 16.4 Å². The van der Waals surface area contributed by atoms with E-state index in [0.717, 1.165) is 16.3 Å². The summed E-state index contributed by atoms with van der Waals surface area (Å²) >= 11 is 5.63. The molecule has 6 N–H and O–H groups in total. The molecule has 160 valence electrons. The van der Waals surface area contributed by atoms with Crippen LogP contribution in [0.25, 0.3) is 16.3 Å². The molecule has 2 amide bonds. The van der Waals surface area contributed by atoms with Gasteiger partial charge in [-0.2, -0.15) is 0 Å². The average molecular weight is 440 g/mol. The highest BCUT2D eigenvalue weighted by molar-refractivity contribution is 6.32. The van der Waals surface area contributed by atoms with Gasteiger partial charge in [0.15, 0.2) is 0 Å². The van der Waals surface area contributed by atoms with E-state index >= 15 is 0 Å². The fourth-order valence-corrected chi connectivity index (χ4v) is 2.78. The number of benzene rings is 2. The zero-order valence-electron chi connectivity index (χ0n) is 16.7. The van der Waals surface area contributed by atoms with Crippen molar-refractivity contribution >= 4 is 52.3 Å². The number of nitrogens with one attached hydrogen (secondary N) is 3. The molecule has 0 radical (unpaired) electrons. The van der Waals surface area contributed by atoms with Gasteiger partial charge < -0.3 is 26.9 Å². The van der Waals surface area contributed by atoms with Crippen LogP contribution in [0.5, 0.6) is 5.75 Å². The Bertz CT molecular complexity index is 1130. The quantitative estimate of drug-likeness (QED) is 0.295. The Labute approximate surface area is 184 Å². The Balaban J connectivity index is 0.000000233. The molecule has 2 aromatic carbocycles. The number of fused-ring (bicyclic) bond motifs is 1. The molecule has 8 nitrogen and oxygen atoms in total. The number of carbonyl (C=O) groups excluding carboxylic acids is 2. The van der Waals surface area contributed by atoms with Crippen LogP contribution in [-0.2, 0) is 4.79 Å². The van der Waals surface area contributed by atoms with Gasteiger partial charge in [-0.05, 0) is 48.2 Å². The number of nitrogens with two attached hydrogens (primary N) is 1. The molecule has 0 aliphatic rings. The van der Waals surface area contributed by atoms with E-state index in [9.17, 15) is 9.59 Å². The summed E-state index contributed by atoms with van der Waals surface area (Å²) in [6.07, 6.45) is 4.86. The first-order valence-electron chi connectivity index (χ1n) is 9.23. The van der Waals surface area contributed by atoms with Gasteiger partial charge in [0.25, 0.3) is 5.91 Å². The smallest absolute Gasteiger partial charge is 0.251 e. The number of aromatic nitrogens is 1. The Hall–Kier alpha value is -3.91. The minimum atomic E-state index is -0.190. The minimum Gasteiger partial charge on any atom is -0.506 e. The van der Waals surface area contributed by atoms with E-state index < -0.39 is 0 Å². The standard InChI is InChI=1S/C13H12N4O.C9H10ClNO2/c14-5-12(6-15)9-1-2-10-7-16-13(17-8-18)4-11(10)3-9;1-2-11-9(13)6-3-4-8(12)7(10)5-6/h1-8,14H,15H2,(H,16,17,18);3-5,12H,2H2,1H3,(H,11,13)/b12-6+,14-5?;. The molecule has 3 rings (SSSR count). The molecule has 3 aromatic rings. The van der Waals surface area contributed by atoms with Crippen molar-refractivity contribution in [1.29, 1.82) is 5.41 Å². The van der Waals surface area contributed by atoms with Crippen LogP contribution in [0.4, 0.5) is 5.82 Å². The Morgan fingerprint density at radius 3 is 2.55 bits per heavy atom. The number of halogens is 1. The number of aromatic hydroxyl groups is 1. The molecule has 0 fully saturated rings.